The van der Waals surface area contributed by atoms with E-state index in [-0.39, 0.29) is 5.97 Å². The zero-order chi connectivity index (χ0) is 21.5. The van der Waals surface area contributed by atoms with Crippen molar-refractivity contribution in [2.45, 2.75) is 31.6 Å². The molecule has 0 atom stereocenters. The van der Waals surface area contributed by atoms with Crippen molar-refractivity contribution < 1.29 is 9.53 Å². The summed E-state index contributed by atoms with van der Waals surface area (Å²) in [5, 5.41) is 0.412. The quantitative estimate of drug-likeness (QED) is 0.225. The summed E-state index contributed by atoms with van der Waals surface area (Å²) in [6.07, 6.45) is 12.7. The van der Waals surface area contributed by atoms with Crippen LogP contribution >= 0.6 is 23.5 Å². The number of halogens is 1. The number of nitrogens with zero attached hydrogens (tertiary/aromatic N) is 2. The van der Waals surface area contributed by atoms with Crippen molar-refractivity contribution in [1.29, 1.82) is 0 Å². The molecular weight excluding hydrogens is 418 g/mol. The van der Waals surface area contributed by atoms with E-state index in [1.54, 1.807) is 18.2 Å². The molecule has 1 saturated carbocycles. The SMILES string of the molecule is C/C=C/C=C\C(=C\c1nc(NSc2cccc(C(=O)OC)c2)nc(Cl)c1C)C1CC1. The Morgan fingerprint density at radius 1 is 1.30 bits per heavy atom. The smallest absolute Gasteiger partial charge is 0.337 e. The number of carbonyl (C=O) groups excluding carboxylic acids is 1. The van der Waals surface area contributed by atoms with Gasteiger partial charge in [0.1, 0.15) is 5.15 Å². The lowest BCUT2D eigenvalue weighted by Gasteiger charge is -2.09. The number of hydrogen-bond donors (Lipinski definition) is 1. The van der Waals surface area contributed by atoms with Gasteiger partial charge in [-0.2, -0.15) is 0 Å². The van der Waals surface area contributed by atoms with E-state index in [0.717, 1.165) is 16.2 Å². The molecule has 5 nitrogen and oxygen atoms in total. The lowest BCUT2D eigenvalue weighted by Crippen LogP contribution is -2.02. The fraction of sp³-hybridized carbons (Fsp3) is 0.261. The summed E-state index contributed by atoms with van der Waals surface area (Å²) in [6.45, 7) is 3.92. The second-order valence-electron chi connectivity index (χ2n) is 6.88. The summed E-state index contributed by atoms with van der Waals surface area (Å²) < 4.78 is 7.89. The summed E-state index contributed by atoms with van der Waals surface area (Å²) >= 11 is 7.68. The number of rotatable bonds is 8. The van der Waals surface area contributed by atoms with Crippen LogP contribution in [0.15, 0.2) is 59.0 Å². The van der Waals surface area contributed by atoms with E-state index in [9.17, 15) is 4.79 Å². The predicted octanol–water partition coefficient (Wildman–Crippen LogP) is 6.27. The standard InChI is InChI=1S/C23H24ClN3O2S/c1-4-5-6-8-17(16-11-12-16)14-20-15(2)21(24)26-23(25-20)27-30-19-10-7-9-18(13-19)22(28)29-3/h4-10,13-14,16H,11-12H2,1-3H3,(H,25,26,27)/b5-4+,8-6-,17-14-. The molecule has 0 amide bonds. The Bertz CT molecular complexity index is 1010. The molecule has 1 fully saturated rings. The van der Waals surface area contributed by atoms with Crippen LogP contribution in [-0.4, -0.2) is 23.0 Å². The topological polar surface area (TPSA) is 64.1 Å². The van der Waals surface area contributed by atoms with Gasteiger partial charge in [0.25, 0.3) is 0 Å². The predicted molar refractivity (Wildman–Crippen MR) is 124 cm³/mol. The molecule has 2 aromatic rings. The largest absolute Gasteiger partial charge is 0.465 e. The van der Waals surface area contributed by atoms with E-state index in [0.29, 0.717) is 22.6 Å². The third-order valence-corrected chi connectivity index (χ3v) is 5.73. The molecule has 0 aliphatic heterocycles. The van der Waals surface area contributed by atoms with Gasteiger partial charge in [-0.1, -0.05) is 42.0 Å². The summed E-state index contributed by atoms with van der Waals surface area (Å²) in [6, 6.07) is 7.14. The van der Waals surface area contributed by atoms with Gasteiger partial charge in [0.2, 0.25) is 5.95 Å². The lowest BCUT2D eigenvalue weighted by atomic mass is 10.1. The van der Waals surface area contributed by atoms with E-state index in [4.69, 9.17) is 16.3 Å². The first-order chi connectivity index (χ1) is 14.5. The third-order valence-electron chi connectivity index (χ3n) is 4.58. The average Bonchev–Trinajstić information content (AvgIpc) is 3.60. The number of anilines is 1. The summed E-state index contributed by atoms with van der Waals surface area (Å²) in [7, 11) is 1.36. The van der Waals surface area contributed by atoms with Crippen LogP contribution in [0, 0.1) is 12.8 Å². The normalized spacial score (nSPS) is 14.5. The molecule has 0 bridgehead atoms. The van der Waals surface area contributed by atoms with Crippen molar-refractivity contribution in [1.82, 2.24) is 9.97 Å². The fourth-order valence-electron chi connectivity index (χ4n) is 2.75. The first kappa shape index (κ1) is 22.1. The van der Waals surface area contributed by atoms with Crippen LogP contribution < -0.4 is 4.72 Å². The van der Waals surface area contributed by atoms with Crippen LogP contribution in [0.3, 0.4) is 0 Å². The molecule has 0 radical (unpaired) electrons. The Kier molecular flexibility index (Phi) is 7.71. The summed E-state index contributed by atoms with van der Waals surface area (Å²) in [5.74, 6) is 0.613. The number of aromatic nitrogens is 2. The van der Waals surface area contributed by atoms with Crippen molar-refractivity contribution >= 4 is 41.5 Å². The van der Waals surface area contributed by atoms with Gasteiger partial charge in [0.05, 0.1) is 18.4 Å². The van der Waals surface area contributed by atoms with Gasteiger partial charge in [-0.3, -0.25) is 4.72 Å². The maximum atomic E-state index is 11.7. The second kappa shape index (κ2) is 10.5. The zero-order valence-corrected chi connectivity index (χ0v) is 18.8. The molecule has 1 N–H and O–H groups in total. The van der Waals surface area contributed by atoms with E-state index in [2.05, 4.69) is 26.8 Å². The Labute approximate surface area is 186 Å². The molecule has 30 heavy (non-hydrogen) atoms. The number of esters is 1. The molecule has 1 aliphatic carbocycles. The summed E-state index contributed by atoms with van der Waals surface area (Å²) in [4.78, 5) is 21.5. The minimum Gasteiger partial charge on any atom is -0.465 e. The maximum Gasteiger partial charge on any atom is 0.337 e. The summed E-state index contributed by atoms with van der Waals surface area (Å²) in [5.41, 5.74) is 3.37. The maximum absolute atomic E-state index is 11.7. The molecule has 1 aromatic carbocycles. The van der Waals surface area contributed by atoms with E-state index < -0.39 is 0 Å². The number of methoxy groups -OCH3 is 1. The molecular formula is C23H24ClN3O2S. The molecule has 1 aromatic heterocycles. The van der Waals surface area contributed by atoms with Gasteiger partial charge < -0.3 is 4.74 Å². The Morgan fingerprint density at radius 3 is 2.80 bits per heavy atom. The van der Waals surface area contributed by atoms with Crippen LogP contribution in [-0.2, 0) is 4.74 Å². The highest BCUT2D eigenvalue weighted by atomic mass is 35.5. The molecule has 0 unspecified atom stereocenters. The highest BCUT2D eigenvalue weighted by molar-refractivity contribution is 8.00. The number of benzene rings is 1. The van der Waals surface area contributed by atoms with Crippen LogP contribution in [0.5, 0.6) is 0 Å². The molecule has 0 spiro atoms. The monoisotopic (exact) mass is 441 g/mol. The van der Waals surface area contributed by atoms with Crippen molar-refractivity contribution in [3.8, 4) is 0 Å². The van der Waals surface area contributed by atoms with E-state index in [1.165, 1.54) is 37.5 Å². The average molecular weight is 442 g/mol. The third kappa shape index (κ3) is 5.97. The van der Waals surface area contributed by atoms with Gasteiger partial charge >= 0.3 is 5.97 Å². The van der Waals surface area contributed by atoms with Crippen LogP contribution in [0.1, 0.15) is 41.4 Å². The van der Waals surface area contributed by atoms with Crippen molar-refractivity contribution in [3.63, 3.8) is 0 Å². The molecule has 1 heterocycles. The van der Waals surface area contributed by atoms with Gasteiger partial charge in [0.15, 0.2) is 0 Å². The lowest BCUT2D eigenvalue weighted by molar-refractivity contribution is 0.0600. The Balaban J connectivity index is 1.81. The highest BCUT2D eigenvalue weighted by Gasteiger charge is 2.24. The van der Waals surface area contributed by atoms with Gasteiger partial charge in [-0.25, -0.2) is 14.8 Å². The van der Waals surface area contributed by atoms with Crippen LogP contribution in [0.2, 0.25) is 5.15 Å². The second-order valence-corrected chi connectivity index (χ2v) is 8.11. The number of carbonyl (C=O) groups is 1. The minimum absolute atomic E-state index is 0.377. The van der Waals surface area contributed by atoms with Crippen molar-refractivity contribution in [2.24, 2.45) is 5.92 Å². The van der Waals surface area contributed by atoms with Crippen molar-refractivity contribution in [2.75, 3.05) is 11.8 Å². The van der Waals surface area contributed by atoms with Crippen molar-refractivity contribution in [3.05, 3.63) is 76.1 Å². The molecule has 156 valence electrons. The first-order valence-electron chi connectivity index (χ1n) is 9.68. The number of hydrogen-bond acceptors (Lipinski definition) is 6. The molecule has 7 heteroatoms. The minimum atomic E-state index is -0.377. The fourth-order valence-corrected chi connectivity index (χ4v) is 3.56. The number of allylic oxidation sites excluding steroid dienone is 5. The number of ether oxygens (including phenoxy) is 1. The van der Waals surface area contributed by atoms with Gasteiger partial charge in [-0.15, -0.1) is 0 Å². The number of nitrogens with one attached hydrogen (secondary N) is 1. The van der Waals surface area contributed by atoms with Crippen LogP contribution in [0.25, 0.3) is 6.08 Å². The van der Waals surface area contributed by atoms with E-state index in [1.807, 2.05) is 38.1 Å². The molecule has 3 rings (SSSR count). The molecule has 0 saturated heterocycles. The first-order valence-corrected chi connectivity index (χ1v) is 10.9. The van der Waals surface area contributed by atoms with Gasteiger partial charge in [-0.05, 0) is 74.4 Å². The van der Waals surface area contributed by atoms with Crippen LogP contribution in [0.4, 0.5) is 5.95 Å². The Hall–Kier alpha value is -2.57. The Morgan fingerprint density at radius 2 is 2.10 bits per heavy atom. The van der Waals surface area contributed by atoms with Gasteiger partial charge in [0, 0.05) is 10.5 Å². The molecule has 1 aliphatic rings. The van der Waals surface area contributed by atoms with E-state index >= 15 is 0 Å². The highest BCUT2D eigenvalue weighted by Crippen LogP contribution is 2.38. The zero-order valence-electron chi connectivity index (χ0n) is 17.2.